The smallest absolute Gasteiger partial charge is 0.227 e. The number of thioether (sulfide) groups is 1. The van der Waals surface area contributed by atoms with Crippen molar-refractivity contribution in [2.24, 2.45) is 0 Å². The Labute approximate surface area is 162 Å². The van der Waals surface area contributed by atoms with Gasteiger partial charge >= 0.3 is 0 Å². The lowest BCUT2D eigenvalue weighted by Crippen LogP contribution is -2.36. The molecule has 136 valence electrons. The van der Waals surface area contributed by atoms with Gasteiger partial charge in [-0.25, -0.2) is 0 Å². The van der Waals surface area contributed by atoms with Gasteiger partial charge in [-0.05, 0) is 36.2 Å². The molecule has 0 radical (unpaired) electrons. The Bertz CT molecular complexity index is 780. The first kappa shape index (κ1) is 18.8. The summed E-state index contributed by atoms with van der Waals surface area (Å²) < 4.78 is 0. The molecule has 1 aliphatic rings. The van der Waals surface area contributed by atoms with Crippen molar-refractivity contribution in [1.82, 2.24) is 5.32 Å². The molecule has 2 aromatic rings. The Kier molecular flexibility index (Phi) is 6.58. The van der Waals surface area contributed by atoms with Crippen molar-refractivity contribution in [3.8, 4) is 0 Å². The van der Waals surface area contributed by atoms with E-state index in [1.165, 1.54) is 0 Å². The molecule has 0 unspecified atom stereocenters. The van der Waals surface area contributed by atoms with Gasteiger partial charge in [0.05, 0.1) is 5.69 Å². The molecule has 0 aliphatic carbocycles. The van der Waals surface area contributed by atoms with Crippen molar-refractivity contribution in [1.29, 1.82) is 0 Å². The van der Waals surface area contributed by atoms with Crippen LogP contribution in [0.4, 0.5) is 5.69 Å². The third-order valence-electron chi connectivity index (χ3n) is 4.24. The normalized spacial score (nSPS) is 13.2. The zero-order chi connectivity index (χ0) is 18.4. The molecule has 4 nitrogen and oxygen atoms in total. The highest BCUT2D eigenvalue weighted by Gasteiger charge is 2.22. The van der Waals surface area contributed by atoms with Crippen molar-refractivity contribution in [3.63, 3.8) is 0 Å². The predicted molar refractivity (Wildman–Crippen MR) is 107 cm³/mol. The van der Waals surface area contributed by atoms with E-state index < -0.39 is 0 Å². The van der Waals surface area contributed by atoms with Crippen LogP contribution in [0.2, 0.25) is 5.02 Å². The van der Waals surface area contributed by atoms with E-state index in [-0.39, 0.29) is 24.7 Å². The van der Waals surface area contributed by atoms with Gasteiger partial charge in [0, 0.05) is 41.6 Å². The van der Waals surface area contributed by atoms with Crippen LogP contribution >= 0.6 is 23.4 Å². The Hall–Kier alpha value is -1.98. The van der Waals surface area contributed by atoms with Crippen LogP contribution in [0.1, 0.15) is 18.4 Å². The zero-order valence-corrected chi connectivity index (χ0v) is 16.0. The lowest BCUT2D eigenvalue weighted by Gasteiger charge is -2.29. The third-order valence-corrected chi connectivity index (χ3v) is 5.54. The average Bonchev–Trinajstić information content (AvgIpc) is 2.67. The molecule has 0 saturated carbocycles. The van der Waals surface area contributed by atoms with Gasteiger partial charge in [0.2, 0.25) is 11.8 Å². The van der Waals surface area contributed by atoms with Crippen LogP contribution in [0.5, 0.6) is 0 Å². The number of hydrogen-bond donors (Lipinski definition) is 1. The van der Waals surface area contributed by atoms with Crippen molar-refractivity contribution >= 4 is 40.9 Å². The summed E-state index contributed by atoms with van der Waals surface area (Å²) in [5.41, 5.74) is 2.07. The molecule has 0 aromatic heterocycles. The highest BCUT2D eigenvalue weighted by Crippen LogP contribution is 2.34. The molecule has 0 bridgehead atoms. The second-order valence-corrected chi connectivity index (χ2v) is 7.66. The SMILES string of the molecule is O=C(CCC(=O)N1CCSc2ccccc21)NCCc1ccc(Cl)cc1. The van der Waals surface area contributed by atoms with Crippen LogP contribution < -0.4 is 10.2 Å². The van der Waals surface area contributed by atoms with E-state index >= 15 is 0 Å². The highest BCUT2D eigenvalue weighted by molar-refractivity contribution is 7.99. The van der Waals surface area contributed by atoms with E-state index in [1.54, 1.807) is 16.7 Å². The van der Waals surface area contributed by atoms with Crippen molar-refractivity contribution in [2.45, 2.75) is 24.2 Å². The molecule has 1 aliphatic heterocycles. The molecular weight excluding hydrogens is 368 g/mol. The fraction of sp³-hybridized carbons (Fsp3) is 0.300. The van der Waals surface area contributed by atoms with Crippen molar-refractivity contribution < 1.29 is 9.59 Å². The molecule has 0 fully saturated rings. The first-order valence-electron chi connectivity index (χ1n) is 8.67. The van der Waals surface area contributed by atoms with Gasteiger partial charge in [0.15, 0.2) is 0 Å². The number of benzene rings is 2. The lowest BCUT2D eigenvalue weighted by molar-refractivity contribution is -0.125. The van der Waals surface area contributed by atoms with Crippen molar-refractivity contribution in [3.05, 3.63) is 59.1 Å². The summed E-state index contributed by atoms with van der Waals surface area (Å²) in [5.74, 6) is 0.799. The van der Waals surface area contributed by atoms with E-state index in [9.17, 15) is 9.59 Å². The van der Waals surface area contributed by atoms with Gasteiger partial charge in [0.1, 0.15) is 0 Å². The minimum atomic E-state index is -0.0908. The second-order valence-electron chi connectivity index (χ2n) is 6.09. The number of carbonyl (C=O) groups excluding carboxylic acids is 2. The molecule has 26 heavy (non-hydrogen) atoms. The van der Waals surface area contributed by atoms with Crippen LogP contribution in [0.15, 0.2) is 53.4 Å². The minimum absolute atomic E-state index is 0.00519. The number of para-hydroxylation sites is 1. The molecule has 1 N–H and O–H groups in total. The molecule has 0 spiro atoms. The van der Waals surface area contributed by atoms with Gasteiger partial charge < -0.3 is 10.2 Å². The molecule has 6 heteroatoms. The summed E-state index contributed by atoms with van der Waals surface area (Å²) in [6, 6.07) is 15.5. The fourth-order valence-corrected chi connectivity index (χ4v) is 3.99. The summed E-state index contributed by atoms with van der Waals surface area (Å²) >= 11 is 7.62. The molecule has 1 heterocycles. The summed E-state index contributed by atoms with van der Waals surface area (Å²) in [6.45, 7) is 1.25. The summed E-state index contributed by atoms with van der Waals surface area (Å²) in [6.07, 6.45) is 1.19. The van der Waals surface area contributed by atoms with Crippen LogP contribution in [0.3, 0.4) is 0 Å². The maximum atomic E-state index is 12.5. The number of fused-ring (bicyclic) bond motifs is 1. The largest absolute Gasteiger partial charge is 0.356 e. The monoisotopic (exact) mass is 388 g/mol. The molecular formula is C20H21ClN2O2S. The van der Waals surface area contributed by atoms with Crippen LogP contribution in [-0.4, -0.2) is 30.7 Å². The van der Waals surface area contributed by atoms with E-state index in [2.05, 4.69) is 5.32 Å². The average molecular weight is 389 g/mol. The van der Waals surface area contributed by atoms with E-state index in [0.29, 0.717) is 18.1 Å². The number of amides is 2. The third kappa shape index (κ3) is 5.02. The van der Waals surface area contributed by atoms with Gasteiger partial charge in [-0.3, -0.25) is 9.59 Å². The summed E-state index contributed by atoms with van der Waals surface area (Å²) in [5, 5.41) is 3.58. The van der Waals surface area contributed by atoms with E-state index in [4.69, 9.17) is 11.6 Å². The van der Waals surface area contributed by atoms with Crippen molar-refractivity contribution in [2.75, 3.05) is 23.7 Å². The highest BCUT2D eigenvalue weighted by atomic mass is 35.5. The van der Waals surface area contributed by atoms with Gasteiger partial charge in [-0.1, -0.05) is 35.9 Å². The summed E-state index contributed by atoms with van der Waals surface area (Å²) in [4.78, 5) is 27.5. The van der Waals surface area contributed by atoms with E-state index in [1.807, 2.05) is 48.5 Å². The van der Waals surface area contributed by atoms with E-state index in [0.717, 1.165) is 28.3 Å². The lowest BCUT2D eigenvalue weighted by atomic mass is 10.1. The molecule has 3 rings (SSSR count). The topological polar surface area (TPSA) is 49.4 Å². The first-order chi connectivity index (χ1) is 12.6. The van der Waals surface area contributed by atoms with Gasteiger partial charge in [-0.2, -0.15) is 0 Å². The Morgan fingerprint density at radius 1 is 1.08 bits per heavy atom. The Morgan fingerprint density at radius 3 is 2.65 bits per heavy atom. The fourth-order valence-electron chi connectivity index (χ4n) is 2.87. The standard InChI is InChI=1S/C20H21ClN2O2S/c21-16-7-5-15(6-8-16)11-12-22-19(24)9-10-20(25)23-13-14-26-18-4-2-1-3-17(18)23/h1-8H,9-14H2,(H,22,24). The number of nitrogens with one attached hydrogen (secondary N) is 1. The maximum Gasteiger partial charge on any atom is 0.227 e. The Morgan fingerprint density at radius 2 is 1.85 bits per heavy atom. The predicted octanol–water partition coefficient (Wildman–Crippen LogP) is 3.92. The molecule has 2 aromatic carbocycles. The van der Waals surface area contributed by atoms with Crippen LogP contribution in [-0.2, 0) is 16.0 Å². The Balaban J connectivity index is 1.43. The number of rotatable bonds is 6. The minimum Gasteiger partial charge on any atom is -0.356 e. The zero-order valence-electron chi connectivity index (χ0n) is 14.4. The second kappa shape index (κ2) is 9.10. The van der Waals surface area contributed by atoms with Crippen LogP contribution in [0, 0.1) is 0 Å². The molecule has 2 amide bonds. The van der Waals surface area contributed by atoms with Crippen LogP contribution in [0.25, 0.3) is 0 Å². The number of hydrogen-bond acceptors (Lipinski definition) is 3. The first-order valence-corrected chi connectivity index (χ1v) is 10.0. The number of carbonyl (C=O) groups is 2. The number of halogens is 1. The number of nitrogens with zero attached hydrogens (tertiary/aromatic N) is 1. The summed E-state index contributed by atoms with van der Waals surface area (Å²) in [7, 11) is 0. The molecule has 0 saturated heterocycles. The number of anilines is 1. The van der Waals surface area contributed by atoms with Gasteiger partial charge in [-0.15, -0.1) is 11.8 Å². The maximum absolute atomic E-state index is 12.5. The quantitative estimate of drug-likeness (QED) is 0.816. The molecule has 0 atom stereocenters. The van der Waals surface area contributed by atoms with Gasteiger partial charge in [0.25, 0.3) is 0 Å².